The van der Waals surface area contributed by atoms with E-state index in [1.165, 1.54) is 0 Å². The summed E-state index contributed by atoms with van der Waals surface area (Å²) >= 11 is 11.7. The largest absolute Gasteiger partial charge is 0.338 e. The van der Waals surface area contributed by atoms with Crippen LogP contribution >= 0.6 is 23.2 Å². The fraction of sp³-hybridized carbons (Fsp3) is 0.125. The van der Waals surface area contributed by atoms with Gasteiger partial charge in [0.15, 0.2) is 0 Å². The second kappa shape index (κ2) is 5.99. The molecule has 1 fully saturated rings. The topological polar surface area (TPSA) is 58.2 Å². The van der Waals surface area contributed by atoms with Crippen LogP contribution in [0.15, 0.2) is 48.5 Å². The Morgan fingerprint density at radius 2 is 0.955 bits per heavy atom. The van der Waals surface area contributed by atoms with Crippen LogP contribution in [0.25, 0.3) is 0 Å². The van der Waals surface area contributed by atoms with Crippen molar-refractivity contribution >= 4 is 35.0 Å². The van der Waals surface area contributed by atoms with Crippen LogP contribution < -0.4 is 10.6 Å². The zero-order valence-corrected chi connectivity index (χ0v) is 12.9. The van der Waals surface area contributed by atoms with E-state index in [-0.39, 0.29) is 11.8 Å². The van der Waals surface area contributed by atoms with Gasteiger partial charge in [0.2, 0.25) is 11.8 Å². The SMILES string of the molecule is O=C1NC(c2ccc(Cl)cc2)C(=O)NC1c1ccc(Cl)cc1. The Balaban J connectivity index is 1.82. The van der Waals surface area contributed by atoms with Gasteiger partial charge in [-0.25, -0.2) is 0 Å². The molecule has 3 rings (SSSR count). The van der Waals surface area contributed by atoms with E-state index in [4.69, 9.17) is 23.2 Å². The second-order valence-electron chi connectivity index (χ2n) is 4.99. The molecule has 2 atom stereocenters. The number of nitrogens with one attached hydrogen (secondary N) is 2. The average molecular weight is 335 g/mol. The van der Waals surface area contributed by atoms with Crippen LogP contribution in [0.1, 0.15) is 23.2 Å². The van der Waals surface area contributed by atoms with Crippen molar-refractivity contribution in [1.82, 2.24) is 10.6 Å². The lowest BCUT2D eigenvalue weighted by atomic mass is 9.98. The fourth-order valence-electron chi connectivity index (χ4n) is 2.36. The molecule has 1 saturated heterocycles. The van der Waals surface area contributed by atoms with Crippen LogP contribution in [0, 0.1) is 0 Å². The van der Waals surface area contributed by atoms with Gasteiger partial charge < -0.3 is 10.6 Å². The molecule has 0 bridgehead atoms. The van der Waals surface area contributed by atoms with Gasteiger partial charge in [-0.05, 0) is 35.4 Å². The Bertz CT molecular complexity index is 650. The van der Waals surface area contributed by atoms with E-state index in [9.17, 15) is 9.59 Å². The molecule has 112 valence electrons. The number of benzene rings is 2. The number of amides is 2. The molecule has 0 saturated carbocycles. The Hall–Kier alpha value is -2.04. The maximum absolute atomic E-state index is 12.3. The lowest BCUT2D eigenvalue weighted by Crippen LogP contribution is -2.52. The predicted molar refractivity (Wildman–Crippen MR) is 84.7 cm³/mol. The van der Waals surface area contributed by atoms with Gasteiger partial charge in [-0.2, -0.15) is 0 Å². The molecule has 2 aromatic rings. The molecule has 6 heteroatoms. The number of piperazine rings is 1. The van der Waals surface area contributed by atoms with E-state index in [0.717, 1.165) is 0 Å². The van der Waals surface area contributed by atoms with Crippen LogP contribution in [-0.2, 0) is 9.59 Å². The molecule has 1 heterocycles. The summed E-state index contributed by atoms with van der Waals surface area (Å²) in [5.41, 5.74) is 1.37. The molecule has 4 nitrogen and oxygen atoms in total. The van der Waals surface area contributed by atoms with Crippen molar-refractivity contribution < 1.29 is 9.59 Å². The quantitative estimate of drug-likeness (QED) is 0.886. The minimum absolute atomic E-state index is 0.262. The van der Waals surface area contributed by atoms with Crippen LogP contribution in [0.5, 0.6) is 0 Å². The highest BCUT2D eigenvalue weighted by Gasteiger charge is 2.35. The van der Waals surface area contributed by atoms with Crippen LogP contribution in [0.4, 0.5) is 0 Å². The maximum Gasteiger partial charge on any atom is 0.248 e. The molecule has 0 aromatic heterocycles. The first-order valence-electron chi connectivity index (χ1n) is 6.66. The summed E-state index contributed by atoms with van der Waals surface area (Å²) in [6, 6.07) is 12.2. The Kier molecular flexibility index (Phi) is 4.05. The molecule has 2 amide bonds. The monoisotopic (exact) mass is 334 g/mol. The number of carbonyl (C=O) groups excluding carboxylic acids is 2. The summed E-state index contributed by atoms with van der Waals surface area (Å²) in [6.07, 6.45) is 0. The molecule has 22 heavy (non-hydrogen) atoms. The standard InChI is InChI=1S/C16H12Cl2N2O2/c17-11-5-1-9(2-6-11)13-15(21)20-14(16(22)19-13)10-3-7-12(18)8-4-10/h1-8,13-14H,(H,19,22)(H,20,21). The van der Waals surface area contributed by atoms with Crippen LogP contribution in [0.2, 0.25) is 10.0 Å². The van der Waals surface area contributed by atoms with Gasteiger partial charge in [0.25, 0.3) is 0 Å². The molecule has 2 aromatic carbocycles. The smallest absolute Gasteiger partial charge is 0.248 e. The highest BCUT2D eigenvalue weighted by molar-refractivity contribution is 6.30. The Morgan fingerprint density at radius 1 is 0.636 bits per heavy atom. The van der Waals surface area contributed by atoms with Crippen LogP contribution in [0.3, 0.4) is 0 Å². The molecule has 1 aliphatic heterocycles. The average Bonchev–Trinajstić information content (AvgIpc) is 2.51. The van der Waals surface area contributed by atoms with Crippen molar-refractivity contribution in [3.8, 4) is 0 Å². The molecule has 2 unspecified atom stereocenters. The fourth-order valence-corrected chi connectivity index (χ4v) is 2.61. The number of carbonyl (C=O) groups is 2. The van der Waals surface area contributed by atoms with Crippen molar-refractivity contribution in [3.05, 3.63) is 69.7 Å². The molecular weight excluding hydrogens is 323 g/mol. The highest BCUT2D eigenvalue weighted by Crippen LogP contribution is 2.24. The molecule has 0 radical (unpaired) electrons. The van der Waals surface area contributed by atoms with Crippen molar-refractivity contribution in [2.24, 2.45) is 0 Å². The van der Waals surface area contributed by atoms with Gasteiger partial charge in [-0.3, -0.25) is 9.59 Å². The molecule has 1 aliphatic rings. The molecule has 0 spiro atoms. The zero-order valence-electron chi connectivity index (χ0n) is 11.3. The van der Waals surface area contributed by atoms with Crippen molar-refractivity contribution in [3.63, 3.8) is 0 Å². The Morgan fingerprint density at radius 3 is 1.27 bits per heavy atom. The second-order valence-corrected chi connectivity index (χ2v) is 5.86. The lowest BCUT2D eigenvalue weighted by Gasteiger charge is -2.30. The van der Waals surface area contributed by atoms with E-state index >= 15 is 0 Å². The maximum atomic E-state index is 12.3. The minimum Gasteiger partial charge on any atom is -0.338 e. The van der Waals surface area contributed by atoms with Gasteiger partial charge in [0.1, 0.15) is 12.1 Å². The summed E-state index contributed by atoms with van der Waals surface area (Å²) in [5.74, 6) is -0.524. The van der Waals surface area contributed by atoms with E-state index in [1.807, 2.05) is 0 Å². The minimum atomic E-state index is -0.715. The lowest BCUT2D eigenvalue weighted by molar-refractivity contribution is -0.137. The van der Waals surface area contributed by atoms with Gasteiger partial charge in [0.05, 0.1) is 0 Å². The predicted octanol–water partition coefficient (Wildman–Crippen LogP) is 3.02. The first-order valence-corrected chi connectivity index (χ1v) is 7.42. The van der Waals surface area contributed by atoms with E-state index < -0.39 is 12.1 Å². The number of halogens is 2. The van der Waals surface area contributed by atoms with Crippen molar-refractivity contribution in [2.45, 2.75) is 12.1 Å². The molecule has 0 aliphatic carbocycles. The zero-order chi connectivity index (χ0) is 15.7. The van der Waals surface area contributed by atoms with Crippen molar-refractivity contribution in [1.29, 1.82) is 0 Å². The van der Waals surface area contributed by atoms with Gasteiger partial charge >= 0.3 is 0 Å². The normalized spacial score (nSPS) is 21.2. The molecule has 2 N–H and O–H groups in total. The van der Waals surface area contributed by atoms with Crippen molar-refractivity contribution in [2.75, 3.05) is 0 Å². The summed E-state index contributed by atoms with van der Waals surface area (Å²) in [6.45, 7) is 0. The van der Waals surface area contributed by atoms with Gasteiger partial charge in [-0.15, -0.1) is 0 Å². The third kappa shape index (κ3) is 2.93. The van der Waals surface area contributed by atoms with E-state index in [2.05, 4.69) is 10.6 Å². The van der Waals surface area contributed by atoms with Crippen LogP contribution in [-0.4, -0.2) is 11.8 Å². The summed E-state index contributed by atoms with van der Waals surface area (Å²) in [4.78, 5) is 24.6. The number of rotatable bonds is 2. The first-order chi connectivity index (χ1) is 10.5. The highest BCUT2D eigenvalue weighted by atomic mass is 35.5. The van der Waals surface area contributed by atoms with Gasteiger partial charge in [0, 0.05) is 10.0 Å². The van der Waals surface area contributed by atoms with Gasteiger partial charge in [-0.1, -0.05) is 47.5 Å². The molecular formula is C16H12Cl2N2O2. The Labute approximate surface area is 137 Å². The summed E-state index contributed by atoms with van der Waals surface area (Å²) in [7, 11) is 0. The summed E-state index contributed by atoms with van der Waals surface area (Å²) < 4.78 is 0. The summed E-state index contributed by atoms with van der Waals surface area (Å²) in [5, 5.41) is 6.62. The number of hydrogen-bond acceptors (Lipinski definition) is 2. The third-order valence-corrected chi connectivity index (χ3v) is 4.01. The van der Waals surface area contributed by atoms with E-state index in [0.29, 0.717) is 21.2 Å². The first kappa shape index (κ1) is 14.9. The van der Waals surface area contributed by atoms with E-state index in [1.54, 1.807) is 48.5 Å². The third-order valence-electron chi connectivity index (χ3n) is 3.50. The number of hydrogen-bond donors (Lipinski definition) is 2.